The molecule has 0 aliphatic carbocycles. The molecule has 25 heavy (non-hydrogen) atoms. The molecule has 0 saturated heterocycles. The Labute approximate surface area is 154 Å². The number of unbranched alkanes of at least 4 members (excludes halogenated alkanes) is 12. The lowest BCUT2D eigenvalue weighted by molar-refractivity contribution is -0.155. The number of allylic oxidation sites excluding steroid dienone is 2. The third-order valence-corrected chi connectivity index (χ3v) is 4.35. The van der Waals surface area contributed by atoms with Gasteiger partial charge in [0.15, 0.2) is 6.10 Å². The van der Waals surface area contributed by atoms with E-state index in [1.54, 1.807) is 0 Å². The van der Waals surface area contributed by atoms with Gasteiger partial charge >= 0.3 is 5.97 Å². The molecule has 0 aromatic heterocycles. The first kappa shape index (κ1) is 24.1. The van der Waals surface area contributed by atoms with Crippen LogP contribution in [0.5, 0.6) is 0 Å². The van der Waals surface area contributed by atoms with Crippen LogP contribution in [0.25, 0.3) is 0 Å². The number of carbonyl (C=O) groups excluding carboxylic acids is 1. The highest BCUT2D eigenvalue weighted by Crippen LogP contribution is 2.10. The first-order chi connectivity index (χ1) is 12.2. The Balaban J connectivity index is 3.18. The van der Waals surface area contributed by atoms with E-state index in [2.05, 4.69) is 19.1 Å². The predicted molar refractivity (Wildman–Crippen MR) is 104 cm³/mol. The topological polar surface area (TPSA) is 66.8 Å². The second-order valence-electron chi connectivity index (χ2n) is 6.80. The van der Waals surface area contributed by atoms with Crippen molar-refractivity contribution in [3.8, 4) is 0 Å². The molecule has 4 heteroatoms. The SMILES string of the molecule is CCCCCCCC/C=C\CCCCCCCCOC(=O)[C@H](O)CO. The fraction of sp³-hybridized carbons (Fsp3) is 0.857. The highest BCUT2D eigenvalue weighted by atomic mass is 16.5. The molecule has 0 amide bonds. The van der Waals surface area contributed by atoms with Crippen LogP contribution in [0, 0.1) is 0 Å². The van der Waals surface area contributed by atoms with Crippen molar-refractivity contribution in [1.82, 2.24) is 0 Å². The molecule has 0 bridgehead atoms. The number of carbonyl (C=O) groups is 1. The Bertz CT molecular complexity index is 315. The largest absolute Gasteiger partial charge is 0.464 e. The van der Waals surface area contributed by atoms with Crippen molar-refractivity contribution in [2.24, 2.45) is 0 Å². The van der Waals surface area contributed by atoms with Crippen molar-refractivity contribution in [1.29, 1.82) is 0 Å². The average Bonchev–Trinajstić information content (AvgIpc) is 2.63. The van der Waals surface area contributed by atoms with E-state index in [-0.39, 0.29) is 0 Å². The second-order valence-corrected chi connectivity index (χ2v) is 6.80. The van der Waals surface area contributed by atoms with Crippen molar-refractivity contribution in [3.05, 3.63) is 12.2 Å². The Hall–Kier alpha value is -0.870. The summed E-state index contributed by atoms with van der Waals surface area (Å²) in [5.74, 6) is -0.727. The predicted octanol–water partition coefficient (Wildman–Crippen LogP) is 4.92. The zero-order chi connectivity index (χ0) is 18.6. The van der Waals surface area contributed by atoms with Crippen LogP contribution < -0.4 is 0 Å². The minimum Gasteiger partial charge on any atom is -0.464 e. The summed E-state index contributed by atoms with van der Waals surface area (Å²) in [4.78, 5) is 11.1. The number of esters is 1. The standard InChI is InChI=1S/C21H40O4/c1-2-3-4-5-6-7-8-9-10-11-12-13-14-15-16-17-18-25-21(24)20(23)19-22/h9-10,20,22-23H,2-8,11-19H2,1H3/b10-9-/t20-/m1/s1. The van der Waals surface area contributed by atoms with Crippen LogP contribution in [-0.4, -0.2) is 35.5 Å². The summed E-state index contributed by atoms with van der Waals surface area (Å²) in [6.07, 6.45) is 20.6. The molecular weight excluding hydrogens is 316 g/mol. The zero-order valence-electron chi connectivity index (χ0n) is 16.3. The quantitative estimate of drug-likeness (QED) is 0.208. The molecule has 0 aliphatic rings. The summed E-state index contributed by atoms with van der Waals surface area (Å²) in [7, 11) is 0. The summed E-state index contributed by atoms with van der Waals surface area (Å²) in [5.41, 5.74) is 0. The number of rotatable bonds is 18. The van der Waals surface area contributed by atoms with Crippen LogP contribution in [0.15, 0.2) is 12.2 Å². The Morgan fingerprint density at radius 3 is 1.84 bits per heavy atom. The van der Waals surface area contributed by atoms with Crippen LogP contribution in [0.1, 0.15) is 96.8 Å². The van der Waals surface area contributed by atoms with E-state index in [1.165, 1.54) is 70.6 Å². The van der Waals surface area contributed by atoms with Gasteiger partial charge in [-0.2, -0.15) is 0 Å². The van der Waals surface area contributed by atoms with Gasteiger partial charge in [0.05, 0.1) is 13.2 Å². The van der Waals surface area contributed by atoms with Gasteiger partial charge in [-0.1, -0.05) is 76.9 Å². The van der Waals surface area contributed by atoms with E-state index >= 15 is 0 Å². The number of aliphatic hydroxyl groups is 2. The summed E-state index contributed by atoms with van der Waals surface area (Å²) in [5, 5.41) is 17.6. The first-order valence-corrected chi connectivity index (χ1v) is 10.3. The number of aliphatic hydroxyl groups excluding tert-OH is 2. The Kier molecular flexibility index (Phi) is 18.8. The van der Waals surface area contributed by atoms with Gasteiger partial charge in [0.2, 0.25) is 0 Å². The molecule has 0 heterocycles. The zero-order valence-corrected chi connectivity index (χ0v) is 16.3. The van der Waals surface area contributed by atoms with Crippen LogP contribution >= 0.6 is 0 Å². The maximum Gasteiger partial charge on any atom is 0.337 e. The van der Waals surface area contributed by atoms with Gasteiger partial charge < -0.3 is 14.9 Å². The summed E-state index contributed by atoms with van der Waals surface area (Å²) in [6, 6.07) is 0. The van der Waals surface area contributed by atoms with Gasteiger partial charge in [0.25, 0.3) is 0 Å². The third-order valence-electron chi connectivity index (χ3n) is 4.35. The normalized spacial score (nSPS) is 12.6. The molecule has 0 rings (SSSR count). The average molecular weight is 357 g/mol. The molecule has 0 aromatic carbocycles. The lowest BCUT2D eigenvalue weighted by atomic mass is 10.1. The molecular formula is C21H40O4. The molecule has 2 N–H and O–H groups in total. The summed E-state index contributed by atoms with van der Waals surface area (Å²) in [6.45, 7) is 2.01. The maximum atomic E-state index is 11.1. The van der Waals surface area contributed by atoms with Gasteiger partial charge in [-0.05, 0) is 32.1 Å². The van der Waals surface area contributed by atoms with Crippen molar-refractivity contribution in [3.63, 3.8) is 0 Å². The number of ether oxygens (including phenoxy) is 1. The molecule has 0 unspecified atom stereocenters. The highest BCUT2D eigenvalue weighted by Gasteiger charge is 2.14. The van der Waals surface area contributed by atoms with Crippen molar-refractivity contribution >= 4 is 5.97 Å². The minimum atomic E-state index is -1.39. The van der Waals surface area contributed by atoms with Crippen LogP contribution in [0.4, 0.5) is 0 Å². The van der Waals surface area contributed by atoms with Crippen molar-refractivity contribution in [2.75, 3.05) is 13.2 Å². The molecule has 148 valence electrons. The molecule has 0 spiro atoms. The summed E-state index contributed by atoms with van der Waals surface area (Å²) >= 11 is 0. The highest BCUT2D eigenvalue weighted by molar-refractivity contribution is 5.74. The van der Waals surface area contributed by atoms with E-state index in [4.69, 9.17) is 14.9 Å². The fourth-order valence-electron chi connectivity index (χ4n) is 2.69. The van der Waals surface area contributed by atoms with Gasteiger partial charge in [-0.3, -0.25) is 0 Å². The van der Waals surface area contributed by atoms with E-state index in [0.29, 0.717) is 6.61 Å². The van der Waals surface area contributed by atoms with Gasteiger partial charge in [-0.25, -0.2) is 4.79 Å². The molecule has 0 radical (unpaired) electrons. The first-order valence-electron chi connectivity index (χ1n) is 10.3. The molecule has 0 aromatic rings. The van der Waals surface area contributed by atoms with E-state index in [9.17, 15) is 4.79 Å². The van der Waals surface area contributed by atoms with Crippen molar-refractivity contribution in [2.45, 2.75) is 103 Å². The smallest absolute Gasteiger partial charge is 0.337 e. The fourth-order valence-corrected chi connectivity index (χ4v) is 2.69. The lowest BCUT2D eigenvalue weighted by Crippen LogP contribution is -2.26. The minimum absolute atomic E-state index is 0.330. The molecule has 1 atom stereocenters. The number of hydrogen-bond donors (Lipinski definition) is 2. The van der Waals surface area contributed by atoms with E-state index in [0.717, 1.165) is 19.3 Å². The third kappa shape index (κ3) is 17.7. The lowest BCUT2D eigenvalue weighted by Gasteiger charge is -2.07. The molecule has 0 aliphatic heterocycles. The van der Waals surface area contributed by atoms with E-state index < -0.39 is 18.7 Å². The van der Waals surface area contributed by atoms with Gasteiger partial charge in [-0.15, -0.1) is 0 Å². The molecule has 0 saturated carbocycles. The van der Waals surface area contributed by atoms with Gasteiger partial charge in [0.1, 0.15) is 0 Å². The maximum absolute atomic E-state index is 11.1. The molecule has 0 fully saturated rings. The number of hydrogen-bond acceptors (Lipinski definition) is 4. The van der Waals surface area contributed by atoms with Crippen LogP contribution in [0.3, 0.4) is 0 Å². The van der Waals surface area contributed by atoms with Crippen LogP contribution in [-0.2, 0) is 9.53 Å². The van der Waals surface area contributed by atoms with Gasteiger partial charge in [0, 0.05) is 0 Å². The summed E-state index contributed by atoms with van der Waals surface area (Å²) < 4.78 is 4.86. The van der Waals surface area contributed by atoms with Crippen LogP contribution in [0.2, 0.25) is 0 Å². The van der Waals surface area contributed by atoms with Crippen molar-refractivity contribution < 1.29 is 19.7 Å². The Morgan fingerprint density at radius 1 is 0.840 bits per heavy atom. The van der Waals surface area contributed by atoms with E-state index in [1.807, 2.05) is 0 Å². The Morgan fingerprint density at radius 2 is 1.32 bits per heavy atom. The monoisotopic (exact) mass is 356 g/mol. The molecule has 4 nitrogen and oxygen atoms in total. The second kappa shape index (κ2) is 19.5.